The minimum atomic E-state index is -0.645. The monoisotopic (exact) mass is 374 g/mol. The largest absolute Gasteiger partial charge is 0.465 e. The van der Waals surface area contributed by atoms with Crippen LogP contribution in [0.3, 0.4) is 0 Å². The topological polar surface area (TPSA) is 123 Å². The van der Waals surface area contributed by atoms with E-state index in [0.717, 1.165) is 0 Å². The van der Waals surface area contributed by atoms with Crippen LogP contribution in [0.25, 0.3) is 10.4 Å². The average molecular weight is 374 g/mol. The Kier molecular flexibility index (Phi) is 13.1. The lowest BCUT2D eigenvalue weighted by Crippen LogP contribution is -2.41. The van der Waals surface area contributed by atoms with Gasteiger partial charge in [0.15, 0.2) is 0 Å². The molecule has 0 spiro atoms. The molecule has 0 unspecified atom stereocenters. The number of hydrogen-bond acceptors (Lipinski definition) is 7. The molecule has 0 aliphatic carbocycles. The summed E-state index contributed by atoms with van der Waals surface area (Å²) >= 11 is 0. The molecule has 0 aromatic carbocycles. The van der Waals surface area contributed by atoms with Gasteiger partial charge in [0.05, 0.1) is 26.4 Å². The molecule has 0 radical (unpaired) electrons. The quantitative estimate of drug-likeness (QED) is 0.160. The second-order valence-electron chi connectivity index (χ2n) is 6.24. The first-order valence-electron chi connectivity index (χ1n) is 8.60. The van der Waals surface area contributed by atoms with Crippen LogP contribution in [0.15, 0.2) is 5.11 Å². The number of azide groups is 1. The van der Waals surface area contributed by atoms with Gasteiger partial charge in [-0.05, 0) is 39.6 Å². The van der Waals surface area contributed by atoms with Crippen LogP contribution in [-0.4, -0.2) is 75.2 Å². The Balaban J connectivity index is 4.12. The lowest BCUT2D eigenvalue weighted by Gasteiger charge is -2.26. The number of carbonyl (C=O) groups excluding carboxylic acids is 2. The molecule has 1 amide bonds. The first-order valence-corrected chi connectivity index (χ1v) is 8.60. The zero-order valence-electron chi connectivity index (χ0n) is 16.1. The van der Waals surface area contributed by atoms with Crippen LogP contribution in [0.4, 0.5) is 4.79 Å². The third-order valence-corrected chi connectivity index (χ3v) is 2.76. The van der Waals surface area contributed by atoms with Crippen LogP contribution >= 0.6 is 0 Å². The molecule has 10 nitrogen and oxygen atoms in total. The molecular formula is C16H30N4O6. The van der Waals surface area contributed by atoms with Crippen LogP contribution < -0.4 is 0 Å². The zero-order valence-corrected chi connectivity index (χ0v) is 16.1. The molecular weight excluding hydrogens is 344 g/mol. The lowest BCUT2D eigenvalue weighted by molar-refractivity contribution is -0.144. The van der Waals surface area contributed by atoms with E-state index in [1.807, 2.05) is 0 Å². The number of rotatable bonds is 13. The standard InChI is InChI=1S/C16H30N4O6/c1-5-25-14(21)13-20(15(22)26-16(2,3)4)8-6-9-23-11-12-24-10-7-18-19-17/h5-13H2,1-4H3. The molecule has 0 bridgehead atoms. The van der Waals surface area contributed by atoms with E-state index in [9.17, 15) is 9.59 Å². The highest BCUT2D eigenvalue weighted by Crippen LogP contribution is 2.10. The normalized spacial score (nSPS) is 10.8. The van der Waals surface area contributed by atoms with Crippen molar-refractivity contribution < 1.29 is 28.5 Å². The van der Waals surface area contributed by atoms with Crippen molar-refractivity contribution in [2.24, 2.45) is 5.11 Å². The van der Waals surface area contributed by atoms with E-state index in [1.54, 1.807) is 27.7 Å². The van der Waals surface area contributed by atoms with Gasteiger partial charge in [0.25, 0.3) is 0 Å². The van der Waals surface area contributed by atoms with Gasteiger partial charge in [0.1, 0.15) is 12.1 Å². The Morgan fingerprint density at radius 2 is 1.77 bits per heavy atom. The molecule has 0 N–H and O–H groups in total. The fraction of sp³-hybridized carbons (Fsp3) is 0.875. The number of esters is 1. The van der Waals surface area contributed by atoms with Crippen molar-refractivity contribution in [1.29, 1.82) is 0 Å². The van der Waals surface area contributed by atoms with Crippen LogP contribution in [0.2, 0.25) is 0 Å². The zero-order chi connectivity index (χ0) is 19.8. The van der Waals surface area contributed by atoms with Gasteiger partial charge in [-0.25, -0.2) is 4.79 Å². The molecule has 0 saturated carbocycles. The molecule has 26 heavy (non-hydrogen) atoms. The number of nitrogens with zero attached hydrogens (tertiary/aromatic N) is 4. The van der Waals surface area contributed by atoms with E-state index in [-0.39, 0.29) is 19.7 Å². The second-order valence-corrected chi connectivity index (χ2v) is 6.24. The summed E-state index contributed by atoms with van der Waals surface area (Å²) in [5.41, 5.74) is 7.46. The lowest BCUT2D eigenvalue weighted by atomic mass is 10.2. The molecule has 0 aromatic rings. The molecule has 0 atom stereocenters. The molecule has 0 aromatic heterocycles. The summed E-state index contributed by atoms with van der Waals surface area (Å²) in [5, 5.41) is 3.34. The Labute approximate surface area is 154 Å². The van der Waals surface area contributed by atoms with Crippen molar-refractivity contribution in [2.45, 2.75) is 39.7 Å². The van der Waals surface area contributed by atoms with E-state index in [2.05, 4.69) is 10.0 Å². The fourth-order valence-electron chi connectivity index (χ4n) is 1.75. The van der Waals surface area contributed by atoms with Crippen molar-refractivity contribution in [2.75, 3.05) is 52.7 Å². The highest BCUT2D eigenvalue weighted by atomic mass is 16.6. The maximum Gasteiger partial charge on any atom is 0.410 e. The predicted octanol–water partition coefficient (Wildman–Crippen LogP) is 2.52. The van der Waals surface area contributed by atoms with Crippen molar-refractivity contribution >= 4 is 12.1 Å². The van der Waals surface area contributed by atoms with Gasteiger partial charge in [0.2, 0.25) is 0 Å². The number of amides is 1. The minimum Gasteiger partial charge on any atom is -0.465 e. The number of carbonyl (C=O) groups is 2. The van der Waals surface area contributed by atoms with Crippen molar-refractivity contribution in [1.82, 2.24) is 4.90 Å². The fourth-order valence-corrected chi connectivity index (χ4v) is 1.75. The van der Waals surface area contributed by atoms with E-state index in [0.29, 0.717) is 39.4 Å². The molecule has 0 saturated heterocycles. The van der Waals surface area contributed by atoms with Crippen LogP contribution in [-0.2, 0) is 23.7 Å². The smallest absolute Gasteiger partial charge is 0.410 e. The van der Waals surface area contributed by atoms with Crippen molar-refractivity contribution in [3.05, 3.63) is 10.4 Å². The van der Waals surface area contributed by atoms with Gasteiger partial charge < -0.3 is 18.9 Å². The minimum absolute atomic E-state index is 0.161. The Hall–Kier alpha value is -2.03. The predicted molar refractivity (Wildman–Crippen MR) is 94.7 cm³/mol. The summed E-state index contributed by atoms with van der Waals surface area (Å²) < 4.78 is 20.8. The van der Waals surface area contributed by atoms with E-state index >= 15 is 0 Å². The summed E-state index contributed by atoms with van der Waals surface area (Å²) in [7, 11) is 0. The maximum atomic E-state index is 12.2. The molecule has 0 fully saturated rings. The van der Waals surface area contributed by atoms with E-state index in [4.69, 9.17) is 24.5 Å². The molecule has 0 rings (SSSR count). The molecule has 0 aliphatic rings. The van der Waals surface area contributed by atoms with Gasteiger partial charge in [-0.15, -0.1) is 0 Å². The number of ether oxygens (including phenoxy) is 4. The summed E-state index contributed by atoms with van der Waals surface area (Å²) in [4.78, 5) is 27.8. The first-order chi connectivity index (χ1) is 12.3. The van der Waals surface area contributed by atoms with Gasteiger partial charge in [-0.3, -0.25) is 9.69 Å². The summed E-state index contributed by atoms with van der Waals surface area (Å²) in [6, 6.07) is 0. The van der Waals surface area contributed by atoms with Crippen molar-refractivity contribution in [3.8, 4) is 0 Å². The van der Waals surface area contributed by atoms with Crippen LogP contribution in [0.5, 0.6) is 0 Å². The SMILES string of the molecule is CCOC(=O)CN(CCCOCCOCCN=[N+]=[N-])C(=O)OC(C)(C)C. The maximum absolute atomic E-state index is 12.2. The first kappa shape index (κ1) is 24.0. The summed E-state index contributed by atoms with van der Waals surface area (Å²) in [6.07, 6.45) is -0.0240. The Morgan fingerprint density at radius 3 is 2.35 bits per heavy atom. The van der Waals surface area contributed by atoms with Gasteiger partial charge >= 0.3 is 12.1 Å². The third-order valence-electron chi connectivity index (χ3n) is 2.76. The number of hydrogen-bond donors (Lipinski definition) is 0. The Morgan fingerprint density at radius 1 is 1.12 bits per heavy atom. The van der Waals surface area contributed by atoms with Crippen molar-refractivity contribution in [3.63, 3.8) is 0 Å². The summed E-state index contributed by atoms with van der Waals surface area (Å²) in [6.45, 7) is 9.21. The van der Waals surface area contributed by atoms with Crippen LogP contribution in [0, 0.1) is 0 Å². The highest BCUT2D eigenvalue weighted by molar-refractivity contribution is 5.78. The molecule has 150 valence electrons. The van der Waals surface area contributed by atoms with E-state index < -0.39 is 17.7 Å². The second kappa shape index (κ2) is 14.2. The summed E-state index contributed by atoms with van der Waals surface area (Å²) in [5.74, 6) is -0.479. The average Bonchev–Trinajstić information content (AvgIpc) is 2.54. The third kappa shape index (κ3) is 14.3. The molecule has 0 aliphatic heterocycles. The Bertz CT molecular complexity index is 460. The van der Waals surface area contributed by atoms with Gasteiger partial charge in [0, 0.05) is 24.6 Å². The highest BCUT2D eigenvalue weighted by Gasteiger charge is 2.24. The molecule has 10 heteroatoms. The van der Waals surface area contributed by atoms with Gasteiger partial charge in [-0.2, -0.15) is 0 Å². The van der Waals surface area contributed by atoms with Gasteiger partial charge in [-0.1, -0.05) is 5.11 Å². The van der Waals surface area contributed by atoms with E-state index in [1.165, 1.54) is 4.90 Å². The molecule has 0 heterocycles. The van der Waals surface area contributed by atoms with Crippen LogP contribution in [0.1, 0.15) is 34.1 Å².